The van der Waals surface area contributed by atoms with Gasteiger partial charge in [0.25, 0.3) is 0 Å². The van der Waals surface area contributed by atoms with E-state index in [0.717, 1.165) is 38.7 Å². The Bertz CT molecular complexity index is 991. The van der Waals surface area contributed by atoms with E-state index in [1.807, 2.05) is 23.1 Å². The van der Waals surface area contributed by atoms with E-state index in [9.17, 15) is 9.90 Å². The minimum atomic E-state index is 0.235. The fourth-order valence-corrected chi connectivity index (χ4v) is 5.14. The number of rotatable bonds is 7. The minimum Gasteiger partial charge on any atom is -0.513 e. The summed E-state index contributed by atoms with van der Waals surface area (Å²) < 4.78 is 5.92. The van der Waals surface area contributed by atoms with Gasteiger partial charge in [-0.15, -0.1) is 0 Å². The second-order valence-electron chi connectivity index (χ2n) is 8.93. The number of allylic oxidation sites excluding steroid dienone is 4. The van der Waals surface area contributed by atoms with Gasteiger partial charge in [0.15, 0.2) is 0 Å². The van der Waals surface area contributed by atoms with E-state index in [-0.39, 0.29) is 11.8 Å². The molecule has 5 heteroatoms. The van der Waals surface area contributed by atoms with Crippen LogP contribution in [-0.2, 0) is 4.79 Å². The zero-order chi connectivity index (χ0) is 24.5. The Morgan fingerprint density at radius 2 is 1.76 bits per heavy atom. The van der Waals surface area contributed by atoms with Crippen molar-refractivity contribution in [1.29, 1.82) is 0 Å². The van der Waals surface area contributed by atoms with Gasteiger partial charge in [0, 0.05) is 26.0 Å². The Kier molecular flexibility index (Phi) is 9.34. The molecule has 182 valence electrons. The van der Waals surface area contributed by atoms with E-state index < -0.39 is 0 Å². The lowest BCUT2D eigenvalue weighted by atomic mass is 9.69. The van der Waals surface area contributed by atoms with Gasteiger partial charge in [-0.25, -0.2) is 0 Å². The van der Waals surface area contributed by atoms with Crippen LogP contribution in [0, 0.1) is 0 Å². The summed E-state index contributed by atoms with van der Waals surface area (Å²) in [6.45, 7) is 5.95. The van der Waals surface area contributed by atoms with Crippen LogP contribution in [0.25, 0.3) is 0 Å². The number of benzene rings is 2. The number of hydrogen-bond donors (Lipinski definition) is 2. The first-order chi connectivity index (χ1) is 16.5. The number of nitrogens with zero attached hydrogens (tertiary/aromatic N) is 1. The van der Waals surface area contributed by atoms with E-state index >= 15 is 0 Å². The molecule has 0 spiro atoms. The minimum absolute atomic E-state index is 0.235. The van der Waals surface area contributed by atoms with Crippen LogP contribution in [0.4, 0.5) is 0 Å². The number of carbonyl (C=O) groups excluding carboxylic acids is 1. The molecule has 34 heavy (non-hydrogen) atoms. The predicted molar refractivity (Wildman–Crippen MR) is 136 cm³/mol. The molecule has 0 unspecified atom stereocenters. The highest BCUT2D eigenvalue weighted by Crippen LogP contribution is 2.47. The molecule has 2 aromatic rings. The topological polar surface area (TPSA) is 70.0 Å². The van der Waals surface area contributed by atoms with Crippen molar-refractivity contribution >= 4 is 5.91 Å². The van der Waals surface area contributed by atoms with Gasteiger partial charge in [0.05, 0.1) is 12.3 Å². The maximum absolute atomic E-state index is 11.8. The van der Waals surface area contributed by atoms with E-state index in [2.05, 4.69) is 49.4 Å². The molecule has 4 rings (SSSR count). The molecule has 2 aromatic carbocycles. The summed E-state index contributed by atoms with van der Waals surface area (Å²) in [4.78, 5) is 13.6. The molecular formula is C29H37NO4. The molecule has 1 heterocycles. The van der Waals surface area contributed by atoms with Crippen LogP contribution in [-0.4, -0.2) is 47.8 Å². The molecule has 1 aliphatic heterocycles. The van der Waals surface area contributed by atoms with E-state index in [0.29, 0.717) is 31.2 Å². The van der Waals surface area contributed by atoms with Crippen molar-refractivity contribution in [3.63, 3.8) is 0 Å². The summed E-state index contributed by atoms with van der Waals surface area (Å²) in [5.41, 5.74) is 5.17. The highest BCUT2D eigenvalue weighted by molar-refractivity contribution is 5.78. The van der Waals surface area contributed by atoms with Crippen molar-refractivity contribution < 1.29 is 19.7 Å². The van der Waals surface area contributed by atoms with E-state index in [1.54, 1.807) is 6.92 Å². The second kappa shape index (κ2) is 12.4. The quantitative estimate of drug-likeness (QED) is 0.514. The molecule has 0 radical (unpaired) electrons. The first-order valence-electron chi connectivity index (χ1n) is 12.1. The van der Waals surface area contributed by atoms with E-state index in [4.69, 9.17) is 9.84 Å². The van der Waals surface area contributed by atoms with Crippen LogP contribution >= 0.6 is 0 Å². The van der Waals surface area contributed by atoms with Crippen molar-refractivity contribution in [2.75, 3.05) is 26.8 Å². The zero-order valence-electron chi connectivity index (χ0n) is 20.5. The predicted octanol–water partition coefficient (Wildman–Crippen LogP) is 5.74. The third kappa shape index (κ3) is 6.29. The van der Waals surface area contributed by atoms with Gasteiger partial charge in [0.1, 0.15) is 12.4 Å². The first kappa shape index (κ1) is 25.6. The Morgan fingerprint density at radius 1 is 1.06 bits per heavy atom. The normalized spacial score (nSPS) is 20.8. The summed E-state index contributed by atoms with van der Waals surface area (Å²) in [7, 11) is 1.00. The third-order valence-corrected chi connectivity index (χ3v) is 6.75. The molecule has 0 saturated carbocycles. The lowest BCUT2D eigenvalue weighted by Crippen LogP contribution is -2.29. The highest BCUT2D eigenvalue weighted by atomic mass is 16.5. The number of carbonyl (C=O) groups is 1. The van der Waals surface area contributed by atoms with Gasteiger partial charge >= 0.3 is 0 Å². The van der Waals surface area contributed by atoms with Gasteiger partial charge in [-0.2, -0.15) is 0 Å². The Balaban J connectivity index is 0.00000158. The van der Waals surface area contributed by atoms with Gasteiger partial charge in [-0.05, 0) is 73.9 Å². The van der Waals surface area contributed by atoms with Crippen LogP contribution in [0.1, 0.15) is 62.5 Å². The molecule has 2 N–H and O–H groups in total. The molecule has 2 atom stereocenters. The number of amides is 1. The van der Waals surface area contributed by atoms with Crippen molar-refractivity contribution in [3.8, 4) is 5.75 Å². The van der Waals surface area contributed by atoms with Crippen LogP contribution in [0.3, 0.4) is 0 Å². The molecular weight excluding hydrogens is 426 g/mol. The zero-order valence-corrected chi connectivity index (χ0v) is 20.5. The van der Waals surface area contributed by atoms with Gasteiger partial charge < -0.3 is 19.8 Å². The molecule has 0 bridgehead atoms. The maximum Gasteiger partial charge on any atom is 0.222 e. The van der Waals surface area contributed by atoms with Crippen molar-refractivity contribution in [2.45, 2.75) is 51.4 Å². The van der Waals surface area contributed by atoms with E-state index in [1.165, 1.54) is 22.3 Å². The molecule has 5 nitrogen and oxygen atoms in total. The summed E-state index contributed by atoms with van der Waals surface area (Å²) in [6.07, 6.45) is 5.56. The van der Waals surface area contributed by atoms with Crippen molar-refractivity contribution in [1.82, 2.24) is 4.90 Å². The van der Waals surface area contributed by atoms with Gasteiger partial charge in [-0.3, -0.25) is 4.79 Å². The summed E-state index contributed by atoms with van der Waals surface area (Å²) in [5, 5.41) is 16.9. The second-order valence-corrected chi connectivity index (χ2v) is 8.93. The smallest absolute Gasteiger partial charge is 0.222 e. The lowest BCUT2D eigenvalue weighted by molar-refractivity contribution is -0.128. The van der Waals surface area contributed by atoms with Crippen molar-refractivity contribution in [2.24, 2.45) is 0 Å². The van der Waals surface area contributed by atoms with Crippen LogP contribution in [0.15, 0.2) is 77.6 Å². The number of likely N-dealkylation sites (tertiary alicyclic amines) is 1. The van der Waals surface area contributed by atoms with Gasteiger partial charge in [0.2, 0.25) is 5.91 Å². The molecule has 1 aliphatic carbocycles. The molecule has 2 aliphatic rings. The van der Waals surface area contributed by atoms with Crippen LogP contribution in [0.2, 0.25) is 0 Å². The fraction of sp³-hybridized carbons (Fsp3) is 0.414. The molecule has 1 saturated heterocycles. The first-order valence-corrected chi connectivity index (χ1v) is 12.1. The van der Waals surface area contributed by atoms with Crippen LogP contribution < -0.4 is 4.74 Å². The lowest BCUT2D eigenvalue weighted by Gasteiger charge is -2.35. The standard InChI is InChI=1S/C28H33NO3.CH4O/c1-20(30)19-24-12-15-26(22-7-4-3-5-8-22)28(21(24)2)23-10-13-25(14-11-23)32-18-17-29-16-6-9-27(29)31;1-2/h3-5,7-8,10-11,13-14,19,26,28,30H,6,9,12,15-18H2,1-2H3;2H,1H3/b20-19+;/t26-,28+;/m1./s1. The number of aliphatic hydroxyl groups excluding tert-OH is 2. The fourth-order valence-electron chi connectivity index (χ4n) is 5.14. The Morgan fingerprint density at radius 3 is 2.38 bits per heavy atom. The molecule has 0 aromatic heterocycles. The molecule has 1 amide bonds. The monoisotopic (exact) mass is 463 g/mol. The molecule has 1 fully saturated rings. The van der Waals surface area contributed by atoms with Crippen molar-refractivity contribution in [3.05, 3.63) is 88.7 Å². The average Bonchev–Trinajstić information content (AvgIpc) is 3.27. The number of ether oxygens (including phenoxy) is 1. The third-order valence-electron chi connectivity index (χ3n) is 6.75. The summed E-state index contributed by atoms with van der Waals surface area (Å²) in [6, 6.07) is 19.1. The highest BCUT2D eigenvalue weighted by Gasteiger charge is 2.31. The Labute approximate surface area is 203 Å². The maximum atomic E-state index is 11.8. The summed E-state index contributed by atoms with van der Waals surface area (Å²) in [5.74, 6) is 2.09. The Hall–Kier alpha value is -3.05. The van der Waals surface area contributed by atoms with Crippen LogP contribution in [0.5, 0.6) is 5.75 Å². The average molecular weight is 464 g/mol. The SMILES string of the molecule is CC1=C(/C=C(\C)O)CC[C@H](c2ccccc2)[C@@H]1c1ccc(OCCN2CCCC2=O)cc1.CO. The summed E-state index contributed by atoms with van der Waals surface area (Å²) >= 11 is 0. The number of aliphatic hydroxyl groups is 2. The van der Waals surface area contributed by atoms with Gasteiger partial charge in [-0.1, -0.05) is 48.0 Å². The number of hydrogen-bond acceptors (Lipinski definition) is 4. The largest absolute Gasteiger partial charge is 0.513 e.